The second-order valence-corrected chi connectivity index (χ2v) is 7.87. The lowest BCUT2D eigenvalue weighted by atomic mass is 10.2. The van der Waals surface area contributed by atoms with Gasteiger partial charge in [-0.05, 0) is 55.3 Å². The Morgan fingerprint density at radius 3 is 2.37 bits per heavy atom. The maximum atomic E-state index is 13.5. The molecule has 8 heteroatoms. The maximum Gasteiger partial charge on any atom is 0.307 e. The van der Waals surface area contributed by atoms with Crippen molar-refractivity contribution in [1.82, 2.24) is 4.31 Å². The topological polar surface area (TPSA) is 63.7 Å². The Labute approximate surface area is 157 Å². The van der Waals surface area contributed by atoms with E-state index in [1.807, 2.05) is 0 Å². The monoisotopic (exact) mass is 397 g/mol. The Morgan fingerprint density at radius 1 is 1.11 bits per heavy atom. The van der Waals surface area contributed by atoms with Crippen LogP contribution in [0.25, 0.3) is 0 Å². The van der Waals surface area contributed by atoms with Crippen molar-refractivity contribution in [2.24, 2.45) is 0 Å². The average molecular weight is 397 g/mol. The van der Waals surface area contributed by atoms with Gasteiger partial charge in [0.1, 0.15) is 11.6 Å². The molecule has 2 rings (SSSR count). The van der Waals surface area contributed by atoms with E-state index in [2.05, 4.69) is 0 Å². The van der Waals surface area contributed by atoms with Gasteiger partial charge in [-0.15, -0.1) is 0 Å². The second kappa shape index (κ2) is 9.05. The van der Waals surface area contributed by atoms with E-state index >= 15 is 0 Å². The third kappa shape index (κ3) is 5.58. The fourth-order valence-electron chi connectivity index (χ4n) is 2.45. The predicted molar refractivity (Wildman–Crippen MR) is 96.4 cm³/mol. The van der Waals surface area contributed by atoms with Crippen LogP contribution in [0.4, 0.5) is 8.78 Å². The number of esters is 1. The van der Waals surface area contributed by atoms with E-state index in [9.17, 15) is 22.0 Å². The van der Waals surface area contributed by atoms with Crippen molar-refractivity contribution in [1.29, 1.82) is 0 Å². The number of rotatable bonds is 8. The number of hydrogen-bond acceptors (Lipinski definition) is 4. The summed E-state index contributed by atoms with van der Waals surface area (Å²) in [6, 6.07) is 8.91. The Hall–Kier alpha value is -2.32. The number of sulfonamides is 1. The minimum Gasteiger partial charge on any atom is -0.466 e. The highest BCUT2D eigenvalue weighted by atomic mass is 32.2. The summed E-state index contributed by atoms with van der Waals surface area (Å²) < 4.78 is 58.6. The molecule has 0 saturated carbocycles. The van der Waals surface area contributed by atoms with Gasteiger partial charge < -0.3 is 4.74 Å². The first kappa shape index (κ1) is 21.0. The van der Waals surface area contributed by atoms with Crippen molar-refractivity contribution in [3.05, 3.63) is 65.2 Å². The second-order valence-electron chi connectivity index (χ2n) is 5.93. The van der Waals surface area contributed by atoms with Gasteiger partial charge in [-0.25, -0.2) is 17.2 Å². The van der Waals surface area contributed by atoms with Crippen molar-refractivity contribution in [2.45, 2.75) is 31.7 Å². The maximum absolute atomic E-state index is 13.5. The molecule has 0 N–H and O–H groups in total. The molecule has 0 aliphatic rings. The summed E-state index contributed by atoms with van der Waals surface area (Å²) >= 11 is 0. The third-order valence-corrected chi connectivity index (χ3v) is 5.75. The van der Waals surface area contributed by atoms with E-state index < -0.39 is 27.6 Å². The molecule has 0 bridgehead atoms. The summed E-state index contributed by atoms with van der Waals surface area (Å²) in [7, 11) is -3.99. The molecule has 2 aromatic carbocycles. The SMILES string of the molecule is CCOC(=O)CCN(Cc1ccc(F)cc1)S(=O)(=O)c1ccc(F)c(C)c1. The molecule has 146 valence electrons. The van der Waals surface area contributed by atoms with Gasteiger partial charge in [0, 0.05) is 13.1 Å². The first-order chi connectivity index (χ1) is 12.7. The zero-order chi connectivity index (χ0) is 20.0. The molecule has 0 aromatic heterocycles. The molecule has 0 atom stereocenters. The summed E-state index contributed by atoms with van der Waals surface area (Å²) in [5.41, 5.74) is 0.755. The molecule has 0 aliphatic carbocycles. The molecule has 0 radical (unpaired) electrons. The van der Waals surface area contributed by atoms with E-state index in [1.54, 1.807) is 6.92 Å². The van der Waals surface area contributed by atoms with Crippen molar-refractivity contribution in [2.75, 3.05) is 13.2 Å². The molecule has 0 heterocycles. The Bertz CT molecular complexity index is 898. The van der Waals surface area contributed by atoms with E-state index in [1.165, 1.54) is 43.3 Å². The molecular weight excluding hydrogens is 376 g/mol. The highest BCUT2D eigenvalue weighted by Crippen LogP contribution is 2.21. The largest absolute Gasteiger partial charge is 0.466 e. The molecule has 0 unspecified atom stereocenters. The zero-order valence-corrected chi connectivity index (χ0v) is 15.9. The Morgan fingerprint density at radius 2 is 1.78 bits per heavy atom. The van der Waals surface area contributed by atoms with Gasteiger partial charge in [0.05, 0.1) is 17.9 Å². The number of nitrogens with zero attached hydrogens (tertiary/aromatic N) is 1. The molecule has 0 fully saturated rings. The standard InChI is InChI=1S/C19H21F2NO4S/c1-3-26-19(23)10-11-22(13-15-4-6-16(20)7-5-15)27(24,25)17-8-9-18(21)14(2)12-17/h4-9,12H,3,10-11,13H2,1-2H3. The van der Waals surface area contributed by atoms with Crippen LogP contribution in [0.2, 0.25) is 0 Å². The summed E-state index contributed by atoms with van der Waals surface area (Å²) in [6.07, 6.45) is -0.131. The summed E-state index contributed by atoms with van der Waals surface area (Å²) in [5.74, 6) is -1.47. The molecular formula is C19H21F2NO4S. The molecule has 0 saturated heterocycles. The highest BCUT2D eigenvalue weighted by Gasteiger charge is 2.26. The quantitative estimate of drug-likeness (QED) is 0.641. The van der Waals surface area contributed by atoms with Gasteiger partial charge >= 0.3 is 5.97 Å². The number of halogens is 2. The van der Waals surface area contributed by atoms with Gasteiger partial charge in [0.15, 0.2) is 0 Å². The first-order valence-corrected chi connectivity index (χ1v) is 9.84. The van der Waals surface area contributed by atoms with Crippen molar-refractivity contribution in [3.8, 4) is 0 Å². The van der Waals surface area contributed by atoms with Gasteiger partial charge in [-0.1, -0.05) is 12.1 Å². The first-order valence-electron chi connectivity index (χ1n) is 8.40. The predicted octanol–water partition coefficient (Wildman–Crippen LogP) is 3.42. The lowest BCUT2D eigenvalue weighted by molar-refractivity contribution is -0.143. The van der Waals surface area contributed by atoms with E-state index in [-0.39, 0.29) is 36.6 Å². The smallest absolute Gasteiger partial charge is 0.307 e. The van der Waals surface area contributed by atoms with Gasteiger partial charge in [0.25, 0.3) is 0 Å². The Kier molecular flexibility index (Phi) is 7.04. The number of carbonyl (C=O) groups excluding carboxylic acids is 1. The van der Waals surface area contributed by atoms with Crippen LogP contribution >= 0.6 is 0 Å². The van der Waals surface area contributed by atoms with Crippen molar-refractivity contribution >= 4 is 16.0 Å². The van der Waals surface area contributed by atoms with E-state index in [0.717, 1.165) is 10.4 Å². The summed E-state index contributed by atoms with van der Waals surface area (Å²) in [5, 5.41) is 0. The molecule has 0 aliphatic heterocycles. The van der Waals surface area contributed by atoms with Crippen LogP contribution in [0, 0.1) is 18.6 Å². The minimum atomic E-state index is -3.99. The molecule has 5 nitrogen and oxygen atoms in total. The van der Waals surface area contributed by atoms with Crippen molar-refractivity contribution < 1.29 is 26.7 Å². The average Bonchev–Trinajstić information content (AvgIpc) is 2.62. The van der Waals surface area contributed by atoms with E-state index in [4.69, 9.17) is 4.74 Å². The van der Waals surface area contributed by atoms with Crippen LogP contribution in [0.3, 0.4) is 0 Å². The van der Waals surface area contributed by atoms with Crippen LogP contribution in [0.5, 0.6) is 0 Å². The van der Waals surface area contributed by atoms with Crippen LogP contribution < -0.4 is 0 Å². The normalized spacial score (nSPS) is 11.6. The lowest BCUT2D eigenvalue weighted by Gasteiger charge is -2.22. The van der Waals surface area contributed by atoms with Gasteiger partial charge in [-0.2, -0.15) is 4.31 Å². The van der Waals surface area contributed by atoms with Gasteiger partial charge in [0.2, 0.25) is 10.0 Å². The number of benzene rings is 2. The zero-order valence-electron chi connectivity index (χ0n) is 15.1. The van der Waals surface area contributed by atoms with Crippen LogP contribution in [-0.4, -0.2) is 31.8 Å². The minimum absolute atomic E-state index is 0.0571. The number of ether oxygens (including phenoxy) is 1. The van der Waals surface area contributed by atoms with Crippen LogP contribution in [0.1, 0.15) is 24.5 Å². The third-order valence-electron chi connectivity index (χ3n) is 3.91. The summed E-state index contributed by atoms with van der Waals surface area (Å²) in [4.78, 5) is 11.6. The van der Waals surface area contributed by atoms with Crippen LogP contribution in [0.15, 0.2) is 47.4 Å². The Balaban J connectivity index is 2.32. The van der Waals surface area contributed by atoms with Crippen molar-refractivity contribution in [3.63, 3.8) is 0 Å². The fourth-order valence-corrected chi connectivity index (χ4v) is 3.97. The van der Waals surface area contributed by atoms with Gasteiger partial charge in [-0.3, -0.25) is 4.79 Å². The number of aryl methyl sites for hydroxylation is 1. The number of carbonyl (C=O) groups is 1. The van der Waals surface area contributed by atoms with Crippen LogP contribution in [-0.2, 0) is 26.1 Å². The number of hydrogen-bond donors (Lipinski definition) is 0. The highest BCUT2D eigenvalue weighted by molar-refractivity contribution is 7.89. The molecule has 0 spiro atoms. The summed E-state index contributed by atoms with van der Waals surface area (Å²) in [6.45, 7) is 3.15. The molecule has 27 heavy (non-hydrogen) atoms. The fraction of sp³-hybridized carbons (Fsp3) is 0.316. The van der Waals surface area contributed by atoms with E-state index in [0.29, 0.717) is 5.56 Å². The molecule has 0 amide bonds. The lowest BCUT2D eigenvalue weighted by Crippen LogP contribution is -2.33. The molecule has 2 aromatic rings.